The third-order valence-electron chi connectivity index (χ3n) is 7.42. The second-order valence-electron chi connectivity index (χ2n) is 11.9. The minimum absolute atomic E-state index is 0.00257. The Balaban J connectivity index is 0.000000374. The van der Waals surface area contributed by atoms with Crippen LogP contribution >= 0.6 is 15.2 Å². The maximum atomic E-state index is 11.0. The molecule has 3 aliphatic heterocycles. The number of nitrogens with one attached hydrogen (secondary N) is 4. The first kappa shape index (κ1) is 45.4. The molecule has 0 spiro atoms. The first-order valence-electron chi connectivity index (χ1n) is 16.2. The van der Waals surface area contributed by atoms with Gasteiger partial charge in [0, 0.05) is 118 Å². The molecule has 0 aromatic rings. The molecule has 21 nitrogen and oxygen atoms in total. The van der Waals surface area contributed by atoms with E-state index in [-0.39, 0.29) is 32.2 Å². The zero-order chi connectivity index (χ0) is 36.7. The molecule has 11 N–H and O–H groups in total. The van der Waals surface area contributed by atoms with E-state index in [1.165, 1.54) is 0 Å². The van der Waals surface area contributed by atoms with Crippen LogP contribution in [0.15, 0.2) is 0 Å². The summed E-state index contributed by atoms with van der Waals surface area (Å²) in [5.41, 5.74) is 0. The van der Waals surface area contributed by atoms with Crippen molar-refractivity contribution in [3.63, 3.8) is 0 Å². The molecule has 3 fully saturated rings. The fourth-order valence-electron chi connectivity index (χ4n) is 5.08. The van der Waals surface area contributed by atoms with E-state index in [0.29, 0.717) is 65.4 Å². The van der Waals surface area contributed by atoms with Crippen LogP contribution in [0.4, 0.5) is 0 Å². The number of carboxylic acids is 3. The number of carboxylic acid groups (broad SMARTS) is 3. The van der Waals surface area contributed by atoms with Gasteiger partial charge in [-0.1, -0.05) is 0 Å². The second-order valence-corrected chi connectivity index (χ2v) is 15.1. The Morgan fingerprint density at radius 2 is 0.633 bits per heavy atom. The molecule has 3 aliphatic rings. The van der Waals surface area contributed by atoms with Gasteiger partial charge in [-0.25, -0.2) is 0 Å². The largest absolute Gasteiger partial charge is 0.480 e. The minimum Gasteiger partial charge on any atom is -0.480 e. The standard InChI is InChI=1S/C10H19N3O4.C8H21N3O6P2.C8H17N3O2/c14-9(15)7-12-3-1-11-2-4-13(6-5-12)8-10(16)17;12-18(13,14)7-10-3-1-9-2-4-11(6-5-10)8-19(15,16)17;12-8(13)7-11-5-3-9-1-2-10-4-6-11/h11H,1-8H2,(H,14,15)(H,16,17);9H,1-8H2,(H2,12,13,14)(H2,15,16,17);9-10H,1-7H2,(H,12,13). The van der Waals surface area contributed by atoms with Gasteiger partial charge in [0.15, 0.2) is 0 Å². The Morgan fingerprint density at radius 3 is 0.898 bits per heavy atom. The molecule has 0 aromatic carbocycles. The highest BCUT2D eigenvalue weighted by Crippen LogP contribution is 2.36. The summed E-state index contributed by atoms with van der Waals surface area (Å²) in [6.07, 6.45) is -0.670. The highest BCUT2D eigenvalue weighted by molar-refractivity contribution is 7.51. The molecule has 0 amide bonds. The Labute approximate surface area is 287 Å². The molecule has 0 atom stereocenters. The van der Waals surface area contributed by atoms with Crippen LogP contribution in [0.5, 0.6) is 0 Å². The van der Waals surface area contributed by atoms with E-state index in [2.05, 4.69) is 21.3 Å². The fourth-order valence-corrected chi connectivity index (χ4v) is 6.68. The maximum Gasteiger partial charge on any atom is 0.339 e. The van der Waals surface area contributed by atoms with Crippen molar-refractivity contribution in [1.82, 2.24) is 45.8 Å². The lowest BCUT2D eigenvalue weighted by atomic mass is 10.4. The average Bonchev–Trinajstić information content (AvgIpc) is 3.21. The van der Waals surface area contributed by atoms with E-state index >= 15 is 0 Å². The first-order valence-corrected chi connectivity index (χ1v) is 19.8. The molecule has 0 radical (unpaired) electrons. The molecule has 3 rings (SSSR count). The summed E-state index contributed by atoms with van der Waals surface area (Å²) < 4.78 is 22.0. The SMILES string of the molecule is O=C(O)CN1CCNCCN(CC(=O)O)CC1.O=C(O)CN1CCNCCNCC1.O=P(O)(O)CN1CCNCCN(CP(=O)(O)O)CC1. The third kappa shape index (κ3) is 27.7. The summed E-state index contributed by atoms with van der Waals surface area (Å²) in [5.74, 6) is -2.46. The molecular formula is C26H57N9O12P2. The van der Waals surface area contributed by atoms with Gasteiger partial charge < -0.3 is 56.2 Å². The fraction of sp³-hybridized carbons (Fsp3) is 0.885. The average molecular weight is 750 g/mol. The smallest absolute Gasteiger partial charge is 0.339 e. The van der Waals surface area contributed by atoms with Crippen LogP contribution < -0.4 is 21.3 Å². The molecule has 0 saturated carbocycles. The topological polar surface area (TPSA) is 291 Å². The molecule has 3 heterocycles. The van der Waals surface area contributed by atoms with E-state index in [1.807, 2.05) is 14.7 Å². The lowest BCUT2D eigenvalue weighted by Gasteiger charge is -2.25. The van der Waals surface area contributed by atoms with Crippen LogP contribution in [0.3, 0.4) is 0 Å². The molecule has 49 heavy (non-hydrogen) atoms. The zero-order valence-electron chi connectivity index (χ0n) is 28.1. The molecule has 0 unspecified atom stereocenters. The minimum atomic E-state index is -4.12. The van der Waals surface area contributed by atoms with Crippen LogP contribution in [-0.4, -0.2) is 227 Å². The number of hydrogen-bond acceptors (Lipinski definition) is 14. The number of rotatable bonds is 10. The predicted octanol–water partition coefficient (Wildman–Crippen LogP) is -4.61. The van der Waals surface area contributed by atoms with Gasteiger partial charge in [0.2, 0.25) is 0 Å². The summed E-state index contributed by atoms with van der Waals surface area (Å²) in [4.78, 5) is 76.4. The van der Waals surface area contributed by atoms with Crippen molar-refractivity contribution < 1.29 is 58.4 Å². The van der Waals surface area contributed by atoms with Crippen LogP contribution in [-0.2, 0) is 23.5 Å². The molecule has 23 heteroatoms. The highest BCUT2D eigenvalue weighted by atomic mass is 31.2. The Bertz CT molecular complexity index is 985. The maximum absolute atomic E-state index is 11.0. The highest BCUT2D eigenvalue weighted by Gasteiger charge is 2.23. The van der Waals surface area contributed by atoms with Gasteiger partial charge in [-0.05, 0) is 0 Å². The van der Waals surface area contributed by atoms with E-state index in [0.717, 1.165) is 52.4 Å². The van der Waals surface area contributed by atoms with Crippen molar-refractivity contribution in [3.05, 3.63) is 0 Å². The monoisotopic (exact) mass is 749 g/mol. The van der Waals surface area contributed by atoms with Gasteiger partial charge in [0.25, 0.3) is 0 Å². The van der Waals surface area contributed by atoms with Crippen molar-refractivity contribution in [2.24, 2.45) is 0 Å². The molecule has 3 saturated heterocycles. The van der Waals surface area contributed by atoms with Crippen molar-refractivity contribution >= 4 is 33.1 Å². The molecule has 0 aromatic heterocycles. The summed E-state index contributed by atoms with van der Waals surface area (Å²) in [6.45, 7) is 12.3. The van der Waals surface area contributed by atoms with Gasteiger partial charge in [0.1, 0.15) is 12.6 Å². The van der Waals surface area contributed by atoms with E-state index in [1.54, 1.807) is 9.80 Å². The van der Waals surface area contributed by atoms with Gasteiger partial charge in [-0.15, -0.1) is 0 Å². The van der Waals surface area contributed by atoms with Gasteiger partial charge in [0.05, 0.1) is 19.6 Å². The number of nitrogens with zero attached hydrogens (tertiary/aromatic N) is 5. The predicted molar refractivity (Wildman–Crippen MR) is 181 cm³/mol. The van der Waals surface area contributed by atoms with Crippen molar-refractivity contribution in [2.75, 3.05) is 150 Å². The van der Waals surface area contributed by atoms with E-state index in [9.17, 15) is 23.5 Å². The Morgan fingerprint density at radius 1 is 0.408 bits per heavy atom. The number of aliphatic carboxylic acids is 3. The molecule has 0 bridgehead atoms. The van der Waals surface area contributed by atoms with Crippen molar-refractivity contribution in [2.45, 2.75) is 0 Å². The van der Waals surface area contributed by atoms with Crippen LogP contribution in [0, 0.1) is 0 Å². The first-order chi connectivity index (χ1) is 23.0. The molecule has 288 valence electrons. The molecule has 0 aliphatic carbocycles. The third-order valence-corrected chi connectivity index (χ3v) is 8.95. The van der Waals surface area contributed by atoms with Crippen LogP contribution in [0.25, 0.3) is 0 Å². The Hall–Kier alpha value is -1.65. The number of hydrogen-bond donors (Lipinski definition) is 11. The normalized spacial score (nSPS) is 21.1. The summed E-state index contributed by atoms with van der Waals surface area (Å²) in [6, 6.07) is 0. The Kier molecular flexibility index (Phi) is 23.5. The van der Waals surface area contributed by atoms with Gasteiger partial charge in [-0.2, -0.15) is 0 Å². The quantitative estimate of drug-likeness (QED) is 0.0937. The molecular weight excluding hydrogens is 692 g/mol. The van der Waals surface area contributed by atoms with Gasteiger partial charge in [-0.3, -0.25) is 48.0 Å². The van der Waals surface area contributed by atoms with Crippen LogP contribution in [0.1, 0.15) is 0 Å². The zero-order valence-corrected chi connectivity index (χ0v) is 29.9. The second kappa shape index (κ2) is 25.3. The lowest BCUT2D eigenvalue weighted by Crippen LogP contribution is -2.40. The van der Waals surface area contributed by atoms with E-state index < -0.39 is 33.1 Å². The summed E-state index contributed by atoms with van der Waals surface area (Å²) in [5, 5.41) is 38.8. The number of carbonyl (C=O) groups is 3. The van der Waals surface area contributed by atoms with Crippen molar-refractivity contribution in [1.29, 1.82) is 0 Å². The van der Waals surface area contributed by atoms with E-state index in [4.69, 9.17) is 34.9 Å². The van der Waals surface area contributed by atoms with Gasteiger partial charge >= 0.3 is 33.1 Å². The van der Waals surface area contributed by atoms with Crippen LogP contribution in [0.2, 0.25) is 0 Å². The lowest BCUT2D eigenvalue weighted by molar-refractivity contribution is -0.140. The summed E-state index contributed by atoms with van der Waals surface area (Å²) >= 11 is 0. The van der Waals surface area contributed by atoms with Crippen molar-refractivity contribution in [3.8, 4) is 0 Å². The summed E-state index contributed by atoms with van der Waals surface area (Å²) in [7, 11) is -8.23.